The van der Waals surface area contributed by atoms with Crippen LogP contribution in [0.1, 0.15) is 38.8 Å². The zero-order chi connectivity index (χ0) is 14.9. The maximum atomic E-state index is 13.6. The number of nitrogens with zero attached hydrogens (tertiary/aromatic N) is 2. The SMILES string of the molecule is CC(C)(C)OC(=O)N1C[C@@H](F)C[C@H]1c1cncc(F)c1. The molecule has 2 rings (SSSR count). The summed E-state index contributed by atoms with van der Waals surface area (Å²) in [7, 11) is 0. The van der Waals surface area contributed by atoms with Gasteiger partial charge in [-0.15, -0.1) is 0 Å². The van der Waals surface area contributed by atoms with Crippen LogP contribution < -0.4 is 0 Å². The van der Waals surface area contributed by atoms with Gasteiger partial charge in [-0.25, -0.2) is 13.6 Å². The third-order valence-corrected chi connectivity index (χ3v) is 2.99. The number of rotatable bonds is 1. The van der Waals surface area contributed by atoms with E-state index in [9.17, 15) is 13.6 Å². The van der Waals surface area contributed by atoms with Gasteiger partial charge in [0.2, 0.25) is 0 Å². The quantitative estimate of drug-likeness (QED) is 0.795. The molecule has 0 unspecified atom stereocenters. The second-order valence-corrected chi connectivity index (χ2v) is 5.92. The van der Waals surface area contributed by atoms with Crippen LogP contribution in [0.3, 0.4) is 0 Å². The van der Waals surface area contributed by atoms with Crippen molar-refractivity contribution in [3.8, 4) is 0 Å². The molecule has 4 nitrogen and oxygen atoms in total. The zero-order valence-corrected chi connectivity index (χ0v) is 11.8. The Morgan fingerprint density at radius 3 is 2.75 bits per heavy atom. The zero-order valence-electron chi connectivity index (χ0n) is 11.8. The summed E-state index contributed by atoms with van der Waals surface area (Å²) in [6.07, 6.45) is 0.916. The topological polar surface area (TPSA) is 42.4 Å². The molecule has 0 aromatic carbocycles. The second-order valence-electron chi connectivity index (χ2n) is 5.92. The van der Waals surface area contributed by atoms with Gasteiger partial charge >= 0.3 is 6.09 Å². The Morgan fingerprint density at radius 1 is 1.45 bits per heavy atom. The number of alkyl halides is 1. The fraction of sp³-hybridized carbons (Fsp3) is 0.571. The highest BCUT2D eigenvalue weighted by molar-refractivity contribution is 5.69. The summed E-state index contributed by atoms with van der Waals surface area (Å²) in [6.45, 7) is 5.18. The number of amides is 1. The molecular formula is C14H18F2N2O2. The molecule has 0 bridgehead atoms. The molecule has 2 heterocycles. The van der Waals surface area contributed by atoms with E-state index in [0.29, 0.717) is 5.56 Å². The van der Waals surface area contributed by atoms with Crippen LogP contribution in [0.2, 0.25) is 0 Å². The van der Waals surface area contributed by atoms with Gasteiger partial charge in [0.1, 0.15) is 17.6 Å². The van der Waals surface area contributed by atoms with Crippen LogP contribution in [0.25, 0.3) is 0 Å². The minimum atomic E-state index is -1.14. The predicted octanol–water partition coefficient (Wildman–Crippen LogP) is 3.24. The fourth-order valence-corrected chi connectivity index (χ4v) is 2.23. The van der Waals surface area contributed by atoms with E-state index in [-0.39, 0.29) is 13.0 Å². The number of carbonyl (C=O) groups is 1. The van der Waals surface area contributed by atoms with Crippen LogP contribution in [0.4, 0.5) is 13.6 Å². The average molecular weight is 284 g/mol. The molecule has 1 aliphatic rings. The summed E-state index contributed by atoms with van der Waals surface area (Å²) in [4.78, 5) is 17.1. The number of pyridine rings is 1. The van der Waals surface area contributed by atoms with Crippen molar-refractivity contribution in [2.45, 2.75) is 45.0 Å². The number of hydrogen-bond donors (Lipinski definition) is 0. The number of likely N-dealkylation sites (tertiary alicyclic amines) is 1. The van der Waals surface area contributed by atoms with Gasteiger partial charge in [0.25, 0.3) is 0 Å². The van der Waals surface area contributed by atoms with Crippen molar-refractivity contribution in [1.82, 2.24) is 9.88 Å². The van der Waals surface area contributed by atoms with E-state index >= 15 is 0 Å². The van der Waals surface area contributed by atoms with Gasteiger partial charge in [0, 0.05) is 12.6 Å². The lowest BCUT2D eigenvalue weighted by atomic mass is 10.1. The van der Waals surface area contributed by atoms with Crippen LogP contribution in [0, 0.1) is 5.82 Å². The monoisotopic (exact) mass is 284 g/mol. The minimum Gasteiger partial charge on any atom is -0.444 e. The predicted molar refractivity (Wildman–Crippen MR) is 69.4 cm³/mol. The van der Waals surface area contributed by atoms with Gasteiger partial charge in [0.15, 0.2) is 0 Å². The van der Waals surface area contributed by atoms with E-state index in [4.69, 9.17) is 4.74 Å². The first-order valence-corrected chi connectivity index (χ1v) is 6.50. The van der Waals surface area contributed by atoms with Gasteiger partial charge in [-0.1, -0.05) is 0 Å². The Labute approximate surface area is 116 Å². The van der Waals surface area contributed by atoms with Gasteiger partial charge < -0.3 is 4.74 Å². The summed E-state index contributed by atoms with van der Waals surface area (Å²) in [5, 5.41) is 0. The highest BCUT2D eigenvalue weighted by Crippen LogP contribution is 2.34. The molecule has 0 N–H and O–H groups in total. The van der Waals surface area contributed by atoms with E-state index in [1.54, 1.807) is 20.8 Å². The van der Waals surface area contributed by atoms with Crippen molar-refractivity contribution in [3.05, 3.63) is 29.8 Å². The summed E-state index contributed by atoms with van der Waals surface area (Å²) in [6, 6.07) is 0.732. The molecule has 1 fully saturated rings. The number of ether oxygens (including phenoxy) is 1. The van der Waals surface area contributed by atoms with Crippen LogP contribution in [0.5, 0.6) is 0 Å². The molecule has 110 valence electrons. The van der Waals surface area contributed by atoms with Crippen molar-refractivity contribution >= 4 is 6.09 Å². The first kappa shape index (κ1) is 14.7. The van der Waals surface area contributed by atoms with Crippen molar-refractivity contribution in [2.75, 3.05) is 6.54 Å². The summed E-state index contributed by atoms with van der Waals surface area (Å²) in [5.41, 5.74) is -0.174. The third kappa shape index (κ3) is 3.43. The van der Waals surface area contributed by atoms with Crippen molar-refractivity contribution < 1.29 is 18.3 Å². The standard InChI is InChI=1S/C14H18F2N2O2/c1-14(2,3)20-13(19)18-8-11(16)5-12(18)9-4-10(15)7-17-6-9/h4,6-7,11-12H,5,8H2,1-3H3/t11-,12-/m0/s1. The normalized spacial score (nSPS) is 22.9. The Hall–Kier alpha value is -1.72. The maximum absolute atomic E-state index is 13.6. The van der Waals surface area contributed by atoms with E-state index in [1.807, 2.05) is 0 Å². The lowest BCUT2D eigenvalue weighted by Crippen LogP contribution is -2.37. The first-order chi connectivity index (χ1) is 9.26. The molecular weight excluding hydrogens is 266 g/mol. The smallest absolute Gasteiger partial charge is 0.410 e. The largest absolute Gasteiger partial charge is 0.444 e. The Bertz CT molecular complexity index is 502. The Balaban J connectivity index is 2.21. The third-order valence-electron chi connectivity index (χ3n) is 2.99. The Morgan fingerprint density at radius 2 is 2.15 bits per heavy atom. The maximum Gasteiger partial charge on any atom is 0.410 e. The van der Waals surface area contributed by atoms with Crippen molar-refractivity contribution in [1.29, 1.82) is 0 Å². The number of aromatic nitrogens is 1. The fourth-order valence-electron chi connectivity index (χ4n) is 2.23. The summed E-state index contributed by atoms with van der Waals surface area (Å²) < 4.78 is 32.1. The van der Waals surface area contributed by atoms with Gasteiger partial charge in [-0.3, -0.25) is 9.88 Å². The number of hydrogen-bond acceptors (Lipinski definition) is 3. The molecule has 1 amide bonds. The van der Waals surface area contributed by atoms with Crippen LogP contribution >= 0.6 is 0 Å². The number of carbonyl (C=O) groups excluding carboxylic acids is 1. The lowest BCUT2D eigenvalue weighted by molar-refractivity contribution is 0.0216. The van der Waals surface area contributed by atoms with Crippen LogP contribution in [-0.4, -0.2) is 34.3 Å². The van der Waals surface area contributed by atoms with Crippen LogP contribution in [0.15, 0.2) is 18.5 Å². The Kier molecular flexibility index (Phi) is 3.92. The molecule has 0 radical (unpaired) electrons. The first-order valence-electron chi connectivity index (χ1n) is 6.50. The molecule has 0 spiro atoms. The summed E-state index contributed by atoms with van der Waals surface area (Å²) >= 11 is 0. The number of halogens is 2. The van der Waals surface area contributed by atoms with Crippen LogP contribution in [-0.2, 0) is 4.74 Å². The van der Waals surface area contributed by atoms with E-state index in [1.165, 1.54) is 17.2 Å². The lowest BCUT2D eigenvalue weighted by Gasteiger charge is -2.28. The molecule has 1 aromatic rings. The highest BCUT2D eigenvalue weighted by atomic mass is 19.1. The van der Waals surface area contributed by atoms with E-state index in [2.05, 4.69) is 4.98 Å². The molecule has 20 heavy (non-hydrogen) atoms. The average Bonchev–Trinajstić information content (AvgIpc) is 2.69. The van der Waals surface area contributed by atoms with Crippen molar-refractivity contribution in [3.63, 3.8) is 0 Å². The minimum absolute atomic E-state index is 0.0455. The second kappa shape index (κ2) is 5.34. The molecule has 1 saturated heterocycles. The van der Waals surface area contributed by atoms with E-state index < -0.39 is 29.7 Å². The van der Waals surface area contributed by atoms with Crippen molar-refractivity contribution in [2.24, 2.45) is 0 Å². The molecule has 0 aliphatic carbocycles. The van der Waals surface area contributed by atoms with Gasteiger partial charge in [0.05, 0.1) is 18.8 Å². The van der Waals surface area contributed by atoms with Gasteiger partial charge in [-0.05, 0) is 32.4 Å². The molecule has 1 aliphatic heterocycles. The van der Waals surface area contributed by atoms with E-state index in [0.717, 1.165) is 6.20 Å². The molecule has 0 saturated carbocycles. The summed E-state index contributed by atoms with van der Waals surface area (Å²) in [5.74, 6) is -0.506. The molecule has 2 atom stereocenters. The van der Waals surface area contributed by atoms with Gasteiger partial charge in [-0.2, -0.15) is 0 Å². The molecule has 6 heteroatoms. The molecule has 1 aromatic heterocycles. The highest BCUT2D eigenvalue weighted by Gasteiger charge is 2.38.